The van der Waals surface area contributed by atoms with Gasteiger partial charge in [0.25, 0.3) is 5.56 Å². The van der Waals surface area contributed by atoms with E-state index in [9.17, 15) is 4.79 Å². The van der Waals surface area contributed by atoms with E-state index in [0.717, 1.165) is 50.5 Å². The van der Waals surface area contributed by atoms with Gasteiger partial charge < -0.3 is 9.80 Å². The molecule has 0 unspecified atom stereocenters. The van der Waals surface area contributed by atoms with Crippen molar-refractivity contribution in [1.82, 2.24) is 19.7 Å². The van der Waals surface area contributed by atoms with Gasteiger partial charge in [0.1, 0.15) is 12.1 Å². The van der Waals surface area contributed by atoms with E-state index < -0.39 is 0 Å². The Morgan fingerprint density at radius 1 is 1.00 bits per heavy atom. The minimum absolute atomic E-state index is 0.0696. The van der Waals surface area contributed by atoms with E-state index in [-0.39, 0.29) is 5.56 Å². The lowest BCUT2D eigenvalue weighted by Gasteiger charge is -2.37. The van der Waals surface area contributed by atoms with Crippen molar-refractivity contribution in [3.63, 3.8) is 0 Å². The summed E-state index contributed by atoms with van der Waals surface area (Å²) in [6.45, 7) is 3.54. The highest BCUT2D eigenvalue weighted by Gasteiger charge is 2.23. The zero-order chi connectivity index (χ0) is 16.5. The van der Waals surface area contributed by atoms with Gasteiger partial charge in [-0.1, -0.05) is 0 Å². The first-order chi connectivity index (χ1) is 11.7. The Kier molecular flexibility index (Phi) is 3.92. The molecule has 1 fully saturated rings. The Morgan fingerprint density at radius 2 is 1.75 bits per heavy atom. The van der Waals surface area contributed by atoms with Crippen LogP contribution >= 0.6 is 0 Å². The zero-order valence-electron chi connectivity index (χ0n) is 14.0. The molecule has 3 heterocycles. The minimum atomic E-state index is -0.0696. The van der Waals surface area contributed by atoms with E-state index in [1.807, 2.05) is 0 Å². The Labute approximate surface area is 140 Å². The predicted octanol–water partition coefficient (Wildman–Crippen LogP) is 0.776. The molecule has 7 heteroatoms. The molecule has 7 nitrogen and oxygen atoms in total. The molecule has 126 valence electrons. The summed E-state index contributed by atoms with van der Waals surface area (Å²) in [5.41, 5.74) is 3.40. The Hall–Kier alpha value is -2.44. The van der Waals surface area contributed by atoms with Crippen LogP contribution in [0.15, 0.2) is 23.4 Å². The fourth-order valence-electron chi connectivity index (χ4n) is 3.59. The Balaban J connectivity index is 1.50. The molecule has 0 saturated carbocycles. The van der Waals surface area contributed by atoms with Gasteiger partial charge in [-0.2, -0.15) is 5.10 Å². The predicted molar refractivity (Wildman–Crippen MR) is 92.6 cm³/mol. The minimum Gasteiger partial charge on any atom is -0.367 e. The van der Waals surface area contributed by atoms with E-state index in [1.54, 1.807) is 25.6 Å². The molecule has 0 spiro atoms. The first-order valence-corrected chi connectivity index (χ1v) is 8.58. The summed E-state index contributed by atoms with van der Waals surface area (Å²) in [6.07, 6.45) is 8.09. The number of anilines is 2. The van der Waals surface area contributed by atoms with Crippen molar-refractivity contribution < 1.29 is 0 Å². The van der Waals surface area contributed by atoms with Crippen molar-refractivity contribution in [2.75, 3.05) is 36.0 Å². The van der Waals surface area contributed by atoms with Crippen LogP contribution in [0.4, 0.5) is 11.5 Å². The lowest BCUT2D eigenvalue weighted by Crippen LogP contribution is -2.47. The van der Waals surface area contributed by atoms with E-state index in [2.05, 4.69) is 24.9 Å². The van der Waals surface area contributed by atoms with Crippen LogP contribution in [0.5, 0.6) is 0 Å². The van der Waals surface area contributed by atoms with Crippen molar-refractivity contribution in [2.45, 2.75) is 25.7 Å². The Bertz CT molecular complexity index is 794. The van der Waals surface area contributed by atoms with Crippen LogP contribution in [0.3, 0.4) is 0 Å². The highest BCUT2D eigenvalue weighted by Crippen LogP contribution is 2.28. The zero-order valence-corrected chi connectivity index (χ0v) is 14.0. The first-order valence-electron chi connectivity index (χ1n) is 8.58. The monoisotopic (exact) mass is 326 g/mol. The van der Waals surface area contributed by atoms with Gasteiger partial charge in [0.15, 0.2) is 0 Å². The van der Waals surface area contributed by atoms with E-state index >= 15 is 0 Å². The number of piperazine rings is 1. The van der Waals surface area contributed by atoms with E-state index in [4.69, 9.17) is 0 Å². The number of fused-ring (bicyclic) bond motifs is 1. The molecule has 0 amide bonds. The van der Waals surface area contributed by atoms with Gasteiger partial charge in [0.05, 0.1) is 11.9 Å². The normalized spacial score (nSPS) is 17.7. The lowest BCUT2D eigenvalue weighted by molar-refractivity contribution is 0.619. The molecule has 2 aromatic heterocycles. The van der Waals surface area contributed by atoms with Crippen molar-refractivity contribution >= 4 is 11.5 Å². The molecular weight excluding hydrogens is 304 g/mol. The SMILES string of the molecule is Cn1ncc(N2CCN(c3ncnc4c3CCCC4)CC2)cc1=O. The molecule has 1 aliphatic carbocycles. The largest absolute Gasteiger partial charge is 0.367 e. The second-order valence-corrected chi connectivity index (χ2v) is 6.48. The summed E-state index contributed by atoms with van der Waals surface area (Å²) in [7, 11) is 1.67. The molecule has 1 saturated heterocycles. The third-order valence-electron chi connectivity index (χ3n) is 5.00. The lowest BCUT2D eigenvalue weighted by atomic mass is 9.96. The molecule has 2 aliphatic rings. The van der Waals surface area contributed by atoms with Gasteiger partial charge in [-0.25, -0.2) is 14.6 Å². The van der Waals surface area contributed by atoms with Crippen LogP contribution in [-0.2, 0) is 19.9 Å². The quantitative estimate of drug-likeness (QED) is 0.812. The van der Waals surface area contributed by atoms with Gasteiger partial charge in [0.2, 0.25) is 0 Å². The summed E-state index contributed by atoms with van der Waals surface area (Å²) in [4.78, 5) is 25.4. The second kappa shape index (κ2) is 6.22. The van der Waals surface area contributed by atoms with Crippen molar-refractivity contribution in [3.8, 4) is 0 Å². The maximum atomic E-state index is 11.8. The molecule has 0 N–H and O–H groups in total. The number of aromatic nitrogens is 4. The third-order valence-corrected chi connectivity index (χ3v) is 5.00. The number of aryl methyl sites for hydroxylation is 2. The summed E-state index contributed by atoms with van der Waals surface area (Å²) in [5, 5.41) is 4.12. The van der Waals surface area contributed by atoms with Gasteiger partial charge in [-0.3, -0.25) is 4.79 Å². The molecule has 1 aliphatic heterocycles. The summed E-state index contributed by atoms with van der Waals surface area (Å²) >= 11 is 0. The van der Waals surface area contributed by atoms with Gasteiger partial charge in [0, 0.05) is 50.6 Å². The number of hydrogen-bond donors (Lipinski definition) is 0. The second-order valence-electron chi connectivity index (χ2n) is 6.48. The number of rotatable bonds is 2. The molecular formula is C17H22N6O. The van der Waals surface area contributed by atoms with Crippen LogP contribution in [0, 0.1) is 0 Å². The molecule has 2 aromatic rings. The van der Waals surface area contributed by atoms with Crippen molar-refractivity contribution in [3.05, 3.63) is 40.2 Å². The Morgan fingerprint density at radius 3 is 2.54 bits per heavy atom. The molecule has 0 atom stereocenters. The standard InChI is InChI=1S/C17H22N6O/c1-21-16(24)10-13(11-20-21)22-6-8-23(9-7-22)17-14-4-2-3-5-15(14)18-12-19-17/h10-12H,2-9H2,1H3. The van der Waals surface area contributed by atoms with Gasteiger partial charge in [-0.05, 0) is 25.7 Å². The molecule has 0 bridgehead atoms. The molecule has 0 radical (unpaired) electrons. The molecule has 4 rings (SSSR count). The van der Waals surface area contributed by atoms with Crippen molar-refractivity contribution in [1.29, 1.82) is 0 Å². The summed E-state index contributed by atoms with van der Waals surface area (Å²) < 4.78 is 1.35. The van der Waals surface area contributed by atoms with Gasteiger partial charge in [-0.15, -0.1) is 0 Å². The fraction of sp³-hybridized carbons (Fsp3) is 0.529. The molecule has 24 heavy (non-hydrogen) atoms. The number of nitrogens with zero attached hydrogens (tertiary/aromatic N) is 6. The maximum absolute atomic E-state index is 11.8. The van der Waals surface area contributed by atoms with Crippen LogP contribution in [-0.4, -0.2) is 45.9 Å². The van der Waals surface area contributed by atoms with E-state index in [0.29, 0.717) is 0 Å². The maximum Gasteiger partial charge on any atom is 0.268 e. The number of hydrogen-bond acceptors (Lipinski definition) is 6. The van der Waals surface area contributed by atoms with Gasteiger partial charge >= 0.3 is 0 Å². The van der Waals surface area contributed by atoms with Crippen LogP contribution in [0.25, 0.3) is 0 Å². The van der Waals surface area contributed by atoms with Crippen LogP contribution in [0.2, 0.25) is 0 Å². The highest BCUT2D eigenvalue weighted by atomic mass is 16.1. The average molecular weight is 326 g/mol. The smallest absolute Gasteiger partial charge is 0.268 e. The highest BCUT2D eigenvalue weighted by molar-refractivity contribution is 5.52. The first kappa shape index (κ1) is 15.1. The summed E-state index contributed by atoms with van der Waals surface area (Å²) in [5.74, 6) is 1.11. The topological polar surface area (TPSA) is 67.2 Å². The summed E-state index contributed by atoms with van der Waals surface area (Å²) in [6, 6.07) is 1.66. The third kappa shape index (κ3) is 2.74. The van der Waals surface area contributed by atoms with E-state index in [1.165, 1.54) is 28.8 Å². The fourth-order valence-corrected chi connectivity index (χ4v) is 3.59. The average Bonchev–Trinajstić information content (AvgIpc) is 2.64. The van der Waals surface area contributed by atoms with Crippen LogP contribution in [0.1, 0.15) is 24.1 Å². The van der Waals surface area contributed by atoms with Crippen LogP contribution < -0.4 is 15.4 Å². The van der Waals surface area contributed by atoms with Crippen molar-refractivity contribution in [2.24, 2.45) is 7.05 Å². The molecule has 0 aromatic carbocycles.